The number of aryl methyl sites for hydroxylation is 1. The molecule has 0 saturated carbocycles. The van der Waals surface area contributed by atoms with Crippen LogP contribution in [0.3, 0.4) is 0 Å². The number of furan rings is 1. The quantitative estimate of drug-likeness (QED) is 0.0329. The second kappa shape index (κ2) is 39.7. The van der Waals surface area contributed by atoms with Gasteiger partial charge in [-0.25, -0.2) is 29.9 Å². The zero-order valence-corrected chi connectivity index (χ0v) is 69.3. The molecular weight excluding hydrogens is 1510 g/mol. The highest BCUT2D eigenvalue weighted by atomic mass is 32.1. The Morgan fingerprint density at radius 3 is 1.12 bits per heavy atom. The SMILES string of the molecule is CC(=O)Nc1ccc(-c2ccnc(Nc3ccc(N4CCN(Cc5cccc(Oc6ccc(C(C)(C)C)cc6)c5)CC4)cc3)n2)cc1.CC(=O)Nc1ccc(-c2ccnc(Nc3ccc(N4CCN(Cc5ccsc5)CC4)cc3)n2)cc1.CCc1ccc(CN2CCN(c3ccc(Nc4nccc(-c5ccc(NC(C)=O)cc5)n4)cc3)CC2)o1. The summed E-state index contributed by atoms with van der Waals surface area (Å²) in [5.74, 6) is 5.16. The molecule has 13 aromatic rings. The lowest BCUT2D eigenvalue weighted by atomic mass is 9.87. The standard InChI is InChI=1S/C39H42N6O2.C29H32N6O2.C27H28N6OS/c1-28(46)41-32-12-8-30(9-13-32)37-20-21-40-38(43-37)42-33-14-16-34(17-15-33)45-24-22-44(23-25-45)27-29-6-5-7-36(26-29)47-35-18-10-31(11-19-35)39(2,3)4;1-3-26-12-13-27(37-26)20-34-16-18-35(19-17-34)25-10-8-24(9-11-25)32-29-30-15-14-28(33-29)22-4-6-23(7-5-22)31-21(2)36;1-20(34)29-23-4-2-22(3-5-23)26-10-12-28-27(31-26)30-24-6-8-25(9-7-24)33-15-13-32(14-16-33)18-21-11-17-35-19-21/h5-21,26H,22-25,27H2,1-4H3,(H,41,46)(H,40,42,43);4-15H,3,16-20H2,1-2H3,(H,31,36)(H,30,32,33);2-12,17,19H,13-16,18H2,1H3,(H,29,34)(H,28,30,31). The summed E-state index contributed by atoms with van der Waals surface area (Å²) in [5, 5.41) is 22.7. The van der Waals surface area contributed by atoms with E-state index in [0.29, 0.717) is 17.8 Å². The van der Waals surface area contributed by atoms with E-state index in [-0.39, 0.29) is 23.1 Å². The highest BCUT2D eigenvalue weighted by molar-refractivity contribution is 7.08. The van der Waals surface area contributed by atoms with Crippen molar-refractivity contribution in [2.75, 3.05) is 125 Å². The van der Waals surface area contributed by atoms with E-state index in [0.717, 1.165) is 196 Å². The van der Waals surface area contributed by atoms with Crippen LogP contribution < -0.4 is 51.3 Å². The van der Waals surface area contributed by atoms with E-state index in [9.17, 15) is 14.4 Å². The third-order valence-corrected chi connectivity index (χ3v) is 21.5. The fourth-order valence-electron chi connectivity index (χ4n) is 14.4. The summed E-state index contributed by atoms with van der Waals surface area (Å²) in [4.78, 5) is 75.7. The average Bonchev–Trinajstić information content (AvgIpc) is 1.86. The Kier molecular flexibility index (Phi) is 27.5. The summed E-state index contributed by atoms with van der Waals surface area (Å²) < 4.78 is 12.1. The van der Waals surface area contributed by atoms with E-state index in [2.05, 4.69) is 263 Å². The molecule has 0 unspecified atom stereocenters. The molecule has 8 heterocycles. The maximum Gasteiger partial charge on any atom is 0.227 e. The van der Waals surface area contributed by atoms with Crippen molar-refractivity contribution < 1.29 is 23.5 Å². The number of carbonyl (C=O) groups is 3. The number of thiophene rings is 1. The molecule has 3 aliphatic heterocycles. The van der Waals surface area contributed by atoms with Gasteiger partial charge in [-0.15, -0.1) is 0 Å². The largest absolute Gasteiger partial charge is 0.465 e. The maximum atomic E-state index is 11.3. The van der Waals surface area contributed by atoms with Crippen molar-refractivity contribution in [3.05, 3.63) is 288 Å². The smallest absolute Gasteiger partial charge is 0.227 e. The number of aromatic nitrogens is 6. The topological polar surface area (TPSA) is 243 Å². The van der Waals surface area contributed by atoms with Crippen molar-refractivity contribution in [2.24, 2.45) is 0 Å². The lowest BCUT2D eigenvalue weighted by Crippen LogP contribution is -2.45. The van der Waals surface area contributed by atoms with Gasteiger partial charge in [0, 0.05) is 205 Å². The van der Waals surface area contributed by atoms with Gasteiger partial charge in [-0.3, -0.25) is 29.1 Å². The van der Waals surface area contributed by atoms with E-state index < -0.39 is 0 Å². The first kappa shape index (κ1) is 82.4. The molecular formula is C95H102N18O5S. The van der Waals surface area contributed by atoms with Crippen LogP contribution in [0.5, 0.6) is 11.5 Å². The molecule has 5 aromatic heterocycles. The molecule has 6 N–H and O–H groups in total. The molecule has 24 heteroatoms. The van der Waals surface area contributed by atoms with Gasteiger partial charge in [0.05, 0.1) is 23.6 Å². The number of piperazine rings is 3. The van der Waals surface area contributed by atoms with Gasteiger partial charge >= 0.3 is 0 Å². The highest BCUT2D eigenvalue weighted by Gasteiger charge is 2.23. The zero-order chi connectivity index (χ0) is 82.5. The van der Waals surface area contributed by atoms with E-state index in [1.807, 2.05) is 97.1 Å². The van der Waals surface area contributed by atoms with Crippen molar-refractivity contribution in [2.45, 2.75) is 79.9 Å². The average molecular weight is 1610 g/mol. The molecule has 0 radical (unpaired) electrons. The van der Waals surface area contributed by atoms with Gasteiger partial charge in [0.2, 0.25) is 35.6 Å². The lowest BCUT2D eigenvalue weighted by Gasteiger charge is -2.36. The van der Waals surface area contributed by atoms with E-state index >= 15 is 0 Å². The van der Waals surface area contributed by atoms with E-state index in [1.54, 1.807) is 29.9 Å². The van der Waals surface area contributed by atoms with Gasteiger partial charge < -0.3 is 55.8 Å². The molecule has 0 atom stereocenters. The molecule has 8 aromatic carbocycles. The Bertz CT molecular complexity index is 5430. The molecule has 3 amide bonds. The number of ether oxygens (including phenoxy) is 1. The molecule has 23 nitrogen and oxygen atoms in total. The molecule has 0 bridgehead atoms. The molecule has 0 aliphatic carbocycles. The number of hydrogen-bond donors (Lipinski definition) is 6. The summed E-state index contributed by atoms with van der Waals surface area (Å²) in [6.07, 6.45) is 6.17. The summed E-state index contributed by atoms with van der Waals surface area (Å²) in [6.45, 7) is 28.2. The molecule has 0 spiro atoms. The predicted octanol–water partition coefficient (Wildman–Crippen LogP) is 18.8. The van der Waals surface area contributed by atoms with Gasteiger partial charge in [-0.1, -0.05) is 88.4 Å². The second-order valence-corrected chi connectivity index (χ2v) is 31.5. The molecule has 119 heavy (non-hydrogen) atoms. The van der Waals surface area contributed by atoms with Crippen LogP contribution >= 0.6 is 11.3 Å². The Morgan fingerprint density at radius 2 is 0.765 bits per heavy atom. The summed E-state index contributed by atoms with van der Waals surface area (Å²) in [6, 6.07) is 77.0. The number of nitrogens with zero attached hydrogens (tertiary/aromatic N) is 12. The van der Waals surface area contributed by atoms with Gasteiger partial charge in [0.25, 0.3) is 0 Å². The first-order valence-corrected chi connectivity index (χ1v) is 41.4. The van der Waals surface area contributed by atoms with Gasteiger partial charge in [-0.05, 0) is 203 Å². The van der Waals surface area contributed by atoms with Crippen molar-refractivity contribution >= 4 is 98.1 Å². The molecule has 3 fully saturated rings. The number of carbonyl (C=O) groups excluding carboxylic acids is 3. The minimum atomic E-state index is -0.0957. The predicted molar refractivity (Wildman–Crippen MR) is 481 cm³/mol. The molecule has 3 aliphatic rings. The Balaban J connectivity index is 0.000000148. The van der Waals surface area contributed by atoms with Crippen molar-refractivity contribution in [1.29, 1.82) is 0 Å². The van der Waals surface area contributed by atoms with Gasteiger partial charge in [0.1, 0.15) is 23.0 Å². The Hall–Kier alpha value is -13.1. The van der Waals surface area contributed by atoms with Crippen LogP contribution in [-0.4, -0.2) is 141 Å². The van der Waals surface area contributed by atoms with Crippen molar-refractivity contribution in [1.82, 2.24) is 44.6 Å². The maximum absolute atomic E-state index is 11.3. The van der Waals surface area contributed by atoms with Crippen LogP contribution in [0.4, 0.5) is 69.0 Å². The number of rotatable bonds is 24. The third kappa shape index (κ3) is 24.0. The molecule has 3 saturated heterocycles. The zero-order valence-electron chi connectivity index (χ0n) is 68.5. The Morgan fingerprint density at radius 1 is 0.395 bits per heavy atom. The van der Waals surface area contributed by atoms with Crippen LogP contribution in [0.25, 0.3) is 33.8 Å². The van der Waals surface area contributed by atoms with Gasteiger partial charge in [0.15, 0.2) is 0 Å². The number of hydrogen-bond acceptors (Lipinski definition) is 21. The van der Waals surface area contributed by atoms with E-state index in [1.165, 1.54) is 54.5 Å². The lowest BCUT2D eigenvalue weighted by molar-refractivity contribution is -0.115. The molecule has 16 rings (SSSR count). The number of amides is 3. The third-order valence-electron chi connectivity index (χ3n) is 20.7. The van der Waals surface area contributed by atoms with Crippen molar-refractivity contribution in [3.8, 4) is 45.3 Å². The summed E-state index contributed by atoms with van der Waals surface area (Å²) in [5.41, 5.74) is 18.1. The normalized spacial score (nSPS) is 13.9. The number of benzene rings is 8. The van der Waals surface area contributed by atoms with Crippen LogP contribution in [0.1, 0.15) is 76.7 Å². The highest BCUT2D eigenvalue weighted by Crippen LogP contribution is 2.32. The van der Waals surface area contributed by atoms with Crippen LogP contribution in [0.15, 0.2) is 264 Å². The minimum Gasteiger partial charge on any atom is -0.465 e. The number of anilines is 12. The van der Waals surface area contributed by atoms with Crippen LogP contribution in [0.2, 0.25) is 0 Å². The monoisotopic (exact) mass is 1610 g/mol. The summed E-state index contributed by atoms with van der Waals surface area (Å²) in [7, 11) is 0. The van der Waals surface area contributed by atoms with Crippen LogP contribution in [0, 0.1) is 0 Å². The fraction of sp³-hybridized carbons (Fsp3) is 0.253. The second-order valence-electron chi connectivity index (χ2n) is 30.8. The summed E-state index contributed by atoms with van der Waals surface area (Å²) >= 11 is 1.76. The van der Waals surface area contributed by atoms with Crippen LogP contribution in [-0.2, 0) is 45.9 Å². The van der Waals surface area contributed by atoms with Crippen molar-refractivity contribution in [3.63, 3.8) is 0 Å². The van der Waals surface area contributed by atoms with Gasteiger partial charge in [-0.2, -0.15) is 11.3 Å². The fourth-order valence-corrected chi connectivity index (χ4v) is 15.0. The molecule has 608 valence electrons. The van der Waals surface area contributed by atoms with E-state index in [4.69, 9.17) is 9.15 Å². The first-order chi connectivity index (χ1) is 57.8. The number of nitrogens with one attached hydrogen (secondary N) is 6. The Labute approximate surface area is 700 Å². The first-order valence-electron chi connectivity index (χ1n) is 40.5. The minimum absolute atomic E-state index is 0.0892.